The van der Waals surface area contributed by atoms with E-state index in [9.17, 15) is 4.55 Å². The van der Waals surface area contributed by atoms with Gasteiger partial charge in [-0.3, -0.25) is 0 Å². The second-order valence-electron chi connectivity index (χ2n) is 7.07. The lowest BCUT2D eigenvalue weighted by Gasteiger charge is -2.18. The maximum absolute atomic E-state index is 12.5. The van der Waals surface area contributed by atoms with Crippen molar-refractivity contribution in [1.82, 2.24) is 0 Å². The molecule has 0 N–H and O–H groups in total. The van der Waals surface area contributed by atoms with E-state index in [4.69, 9.17) is 9.47 Å². The maximum atomic E-state index is 12.5. The van der Waals surface area contributed by atoms with Gasteiger partial charge in [0.15, 0.2) is 11.5 Å². The second kappa shape index (κ2) is 11.0. The zero-order chi connectivity index (χ0) is 18.1. The van der Waals surface area contributed by atoms with Crippen molar-refractivity contribution in [1.29, 1.82) is 0 Å². The van der Waals surface area contributed by atoms with Crippen LogP contribution in [0.15, 0.2) is 12.1 Å². The summed E-state index contributed by atoms with van der Waals surface area (Å²) >= 11 is -0.709. The number of hydrogen-bond donors (Lipinski definition) is 0. The Bertz CT molecular complexity index is 518. The van der Waals surface area contributed by atoms with E-state index in [0.29, 0.717) is 12.0 Å². The van der Waals surface area contributed by atoms with Crippen molar-refractivity contribution in [3.8, 4) is 11.5 Å². The molecule has 0 fully saturated rings. The van der Waals surface area contributed by atoms with E-state index in [0.717, 1.165) is 49.4 Å². The molecule has 25 heavy (non-hydrogen) atoms. The highest BCUT2D eigenvalue weighted by Crippen LogP contribution is 2.35. The fourth-order valence-electron chi connectivity index (χ4n) is 3.36. The first-order valence-corrected chi connectivity index (χ1v) is 11.3. The molecule has 4 heteroatoms. The predicted molar refractivity (Wildman–Crippen MR) is 106 cm³/mol. The molecule has 2 atom stereocenters. The van der Waals surface area contributed by atoms with Gasteiger partial charge in [-0.1, -0.05) is 50.7 Å². The van der Waals surface area contributed by atoms with E-state index in [1.807, 2.05) is 0 Å². The lowest BCUT2D eigenvalue weighted by molar-refractivity contribution is 0.174. The van der Waals surface area contributed by atoms with Crippen LogP contribution in [0.25, 0.3) is 0 Å². The third-order valence-corrected chi connectivity index (χ3v) is 6.74. The molecule has 0 aromatic heterocycles. The molecule has 142 valence electrons. The minimum Gasteiger partial charge on any atom is -0.616 e. The summed E-state index contributed by atoms with van der Waals surface area (Å²) in [5.74, 6) is 2.53. The molecule has 0 saturated carbocycles. The van der Waals surface area contributed by atoms with E-state index in [-0.39, 0.29) is 0 Å². The average molecular weight is 367 g/mol. The van der Waals surface area contributed by atoms with Gasteiger partial charge in [-0.25, -0.2) is 0 Å². The Labute approximate surface area is 156 Å². The summed E-state index contributed by atoms with van der Waals surface area (Å²) in [6.45, 7) is 6.89. The maximum Gasteiger partial charge on any atom is 0.231 e. The van der Waals surface area contributed by atoms with Gasteiger partial charge in [-0.2, -0.15) is 0 Å². The molecule has 1 aliphatic heterocycles. The number of ether oxygens (including phenoxy) is 2. The molecule has 2 rings (SSSR count). The lowest BCUT2D eigenvalue weighted by atomic mass is 9.99. The summed E-state index contributed by atoms with van der Waals surface area (Å²) in [5.41, 5.74) is 2.68. The smallest absolute Gasteiger partial charge is 0.231 e. The Balaban J connectivity index is 1.80. The molecule has 1 aromatic carbocycles. The highest BCUT2D eigenvalue weighted by Gasteiger charge is 2.19. The summed E-state index contributed by atoms with van der Waals surface area (Å²) in [6.07, 6.45) is 10.3. The number of benzene rings is 1. The van der Waals surface area contributed by atoms with Crippen molar-refractivity contribution < 1.29 is 14.0 Å². The third kappa shape index (κ3) is 6.41. The molecule has 0 amide bonds. The highest BCUT2D eigenvalue weighted by molar-refractivity contribution is 7.91. The molecule has 0 saturated heterocycles. The van der Waals surface area contributed by atoms with Gasteiger partial charge in [0.05, 0.1) is 0 Å². The lowest BCUT2D eigenvalue weighted by Crippen LogP contribution is -2.21. The molecule has 0 spiro atoms. The van der Waals surface area contributed by atoms with Gasteiger partial charge in [0, 0.05) is 0 Å². The minimum absolute atomic E-state index is 0.323. The Morgan fingerprint density at radius 3 is 2.28 bits per heavy atom. The van der Waals surface area contributed by atoms with E-state index in [1.54, 1.807) is 0 Å². The van der Waals surface area contributed by atoms with E-state index in [2.05, 4.69) is 32.9 Å². The zero-order valence-corrected chi connectivity index (χ0v) is 17.0. The van der Waals surface area contributed by atoms with Gasteiger partial charge in [0.2, 0.25) is 6.79 Å². The van der Waals surface area contributed by atoms with Crippen molar-refractivity contribution >= 4 is 11.2 Å². The van der Waals surface area contributed by atoms with E-state index < -0.39 is 11.2 Å². The minimum atomic E-state index is -0.709. The highest BCUT2D eigenvalue weighted by atomic mass is 32.2. The van der Waals surface area contributed by atoms with Gasteiger partial charge in [-0.05, 0) is 62.3 Å². The first kappa shape index (κ1) is 20.4. The summed E-state index contributed by atoms with van der Waals surface area (Å²) in [4.78, 5) is 0. The molecular weight excluding hydrogens is 332 g/mol. The van der Waals surface area contributed by atoms with Crippen molar-refractivity contribution in [2.75, 3.05) is 12.5 Å². The third-order valence-electron chi connectivity index (χ3n) is 4.92. The van der Waals surface area contributed by atoms with Crippen LogP contribution in [0.4, 0.5) is 0 Å². The van der Waals surface area contributed by atoms with Crippen molar-refractivity contribution in [3.05, 3.63) is 23.3 Å². The average Bonchev–Trinajstić information content (AvgIpc) is 3.06. The van der Waals surface area contributed by atoms with Crippen LogP contribution in [0, 0.1) is 0 Å². The first-order chi connectivity index (χ1) is 12.2. The van der Waals surface area contributed by atoms with Crippen LogP contribution in [0.1, 0.15) is 76.8 Å². The number of fused-ring (bicyclic) bond motifs is 1. The molecular formula is C21H34O3S. The normalized spacial score (nSPS) is 15.4. The molecule has 1 aromatic rings. The fraction of sp³-hybridized carbons (Fsp3) is 0.714. The summed E-state index contributed by atoms with van der Waals surface area (Å²) < 4.78 is 23.5. The molecule has 0 radical (unpaired) electrons. The SMILES string of the molecule is CCCCCCC(C)[S+]([O-])CCCc1cc2c(cc1CCC)OCO2. The van der Waals surface area contributed by atoms with Gasteiger partial charge in [0.25, 0.3) is 0 Å². The standard InChI is InChI=1S/C21H34O3S/c1-4-6-7-8-11-17(3)25(22)13-9-12-19-15-21-20(23-16-24-21)14-18(19)10-5-2/h14-15,17H,4-13,16H2,1-3H3. The summed E-state index contributed by atoms with van der Waals surface area (Å²) in [7, 11) is 0. The van der Waals surface area contributed by atoms with Crippen LogP contribution in [-0.2, 0) is 24.0 Å². The molecule has 0 bridgehead atoms. The second-order valence-corrected chi connectivity index (χ2v) is 9.05. The Morgan fingerprint density at radius 2 is 1.64 bits per heavy atom. The fourth-order valence-corrected chi connectivity index (χ4v) is 4.62. The Kier molecular flexibility index (Phi) is 8.97. The first-order valence-electron chi connectivity index (χ1n) is 9.94. The monoisotopic (exact) mass is 366 g/mol. The van der Waals surface area contributed by atoms with Crippen molar-refractivity contribution in [2.24, 2.45) is 0 Å². The van der Waals surface area contributed by atoms with Crippen LogP contribution in [0.2, 0.25) is 0 Å². The molecule has 1 aliphatic rings. The largest absolute Gasteiger partial charge is 0.616 e. The summed E-state index contributed by atoms with van der Waals surface area (Å²) in [5, 5.41) is 0.323. The zero-order valence-electron chi connectivity index (χ0n) is 16.1. The quantitative estimate of drug-likeness (QED) is 0.367. The molecule has 2 unspecified atom stereocenters. The van der Waals surface area contributed by atoms with Gasteiger partial charge < -0.3 is 14.0 Å². The number of unbranched alkanes of at least 4 members (excludes halogenated alkanes) is 3. The Hall–Kier alpha value is -0.870. The van der Waals surface area contributed by atoms with Crippen LogP contribution >= 0.6 is 0 Å². The van der Waals surface area contributed by atoms with Crippen LogP contribution in [0.5, 0.6) is 11.5 Å². The topological polar surface area (TPSA) is 41.5 Å². The van der Waals surface area contributed by atoms with Crippen molar-refractivity contribution in [3.63, 3.8) is 0 Å². The van der Waals surface area contributed by atoms with Crippen LogP contribution < -0.4 is 9.47 Å². The molecule has 3 nitrogen and oxygen atoms in total. The summed E-state index contributed by atoms with van der Waals surface area (Å²) in [6, 6.07) is 4.26. The number of rotatable bonds is 12. The van der Waals surface area contributed by atoms with Crippen LogP contribution in [-0.4, -0.2) is 22.3 Å². The predicted octanol–water partition coefficient (Wildman–Crippen LogP) is 5.41. The number of aryl methyl sites for hydroxylation is 2. The van der Waals surface area contributed by atoms with Gasteiger partial charge >= 0.3 is 0 Å². The van der Waals surface area contributed by atoms with Crippen LogP contribution in [0.3, 0.4) is 0 Å². The molecule has 1 heterocycles. The van der Waals surface area contributed by atoms with Gasteiger partial charge in [-0.15, -0.1) is 0 Å². The Morgan fingerprint density at radius 1 is 0.960 bits per heavy atom. The number of hydrogen-bond acceptors (Lipinski definition) is 3. The molecule has 0 aliphatic carbocycles. The van der Waals surface area contributed by atoms with Crippen molar-refractivity contribution in [2.45, 2.75) is 83.8 Å². The van der Waals surface area contributed by atoms with E-state index in [1.165, 1.54) is 36.8 Å². The van der Waals surface area contributed by atoms with E-state index >= 15 is 0 Å². The van der Waals surface area contributed by atoms with Gasteiger partial charge in [0.1, 0.15) is 11.0 Å².